The van der Waals surface area contributed by atoms with Crippen molar-refractivity contribution in [3.63, 3.8) is 0 Å². The van der Waals surface area contributed by atoms with Crippen LogP contribution in [0.4, 0.5) is 4.79 Å². The van der Waals surface area contributed by atoms with Crippen molar-refractivity contribution < 1.29 is 28.2 Å². The molecule has 4 rings (SSSR count). The molecule has 2 aliphatic rings. The monoisotopic (exact) mass is 355 g/mol. The Labute approximate surface area is 149 Å². The molecule has 0 saturated carbocycles. The van der Waals surface area contributed by atoms with E-state index in [1.807, 2.05) is 0 Å². The molecular weight excluding hydrogens is 338 g/mol. The van der Waals surface area contributed by atoms with E-state index in [1.165, 1.54) is 6.26 Å². The molecule has 0 N–H and O–H groups in total. The average Bonchev–Trinajstić information content (AvgIpc) is 3.28. The second-order valence-electron chi connectivity index (χ2n) is 5.99. The second kappa shape index (κ2) is 6.68. The van der Waals surface area contributed by atoms with Gasteiger partial charge in [0.15, 0.2) is 5.76 Å². The highest BCUT2D eigenvalue weighted by molar-refractivity contribution is 6.14. The number of nitrogens with zero attached hydrogens (tertiary/aromatic N) is 1. The van der Waals surface area contributed by atoms with Crippen LogP contribution in [0.1, 0.15) is 21.7 Å². The Bertz CT molecular complexity index is 878. The maximum absolute atomic E-state index is 12.5. The van der Waals surface area contributed by atoms with Crippen molar-refractivity contribution in [3.8, 4) is 11.5 Å². The van der Waals surface area contributed by atoms with Gasteiger partial charge in [-0.1, -0.05) is 0 Å². The number of carbonyl (C=O) groups is 2. The average molecular weight is 355 g/mol. The minimum atomic E-state index is -0.438. The molecule has 1 aromatic carbocycles. The van der Waals surface area contributed by atoms with Gasteiger partial charge in [0.25, 0.3) is 0 Å². The van der Waals surface area contributed by atoms with Crippen molar-refractivity contribution in [3.05, 3.63) is 53.2 Å². The summed E-state index contributed by atoms with van der Waals surface area (Å²) in [6, 6.07) is 6.68. The lowest BCUT2D eigenvalue weighted by molar-refractivity contribution is 0.0415. The maximum Gasteiger partial charge on any atom is 0.415 e. The van der Waals surface area contributed by atoms with Crippen LogP contribution in [0.2, 0.25) is 0 Å². The van der Waals surface area contributed by atoms with Gasteiger partial charge in [-0.3, -0.25) is 4.79 Å². The van der Waals surface area contributed by atoms with E-state index in [4.69, 9.17) is 18.6 Å². The number of benzene rings is 1. The van der Waals surface area contributed by atoms with Gasteiger partial charge < -0.3 is 23.5 Å². The molecule has 134 valence electrons. The highest BCUT2D eigenvalue weighted by atomic mass is 16.6. The van der Waals surface area contributed by atoms with E-state index in [-0.39, 0.29) is 11.5 Å². The number of hydrogen-bond acceptors (Lipinski definition) is 6. The van der Waals surface area contributed by atoms with Gasteiger partial charge in [-0.2, -0.15) is 0 Å². The topological polar surface area (TPSA) is 78.2 Å². The van der Waals surface area contributed by atoms with Crippen molar-refractivity contribution in [1.29, 1.82) is 0 Å². The van der Waals surface area contributed by atoms with Crippen LogP contribution in [0, 0.1) is 6.92 Å². The molecule has 0 atom stereocenters. The molecular formula is C19H17NO6. The van der Waals surface area contributed by atoms with Gasteiger partial charge in [0.1, 0.15) is 17.3 Å². The number of carbonyl (C=O) groups excluding carboxylic acids is 2. The molecule has 7 heteroatoms. The van der Waals surface area contributed by atoms with Crippen LogP contribution < -0.4 is 9.47 Å². The first-order chi connectivity index (χ1) is 12.6. The number of amides is 1. The number of allylic oxidation sites excluding steroid dienone is 1. The highest BCUT2D eigenvalue weighted by Crippen LogP contribution is 2.39. The lowest BCUT2D eigenvalue weighted by Crippen LogP contribution is -2.42. The summed E-state index contributed by atoms with van der Waals surface area (Å²) in [4.78, 5) is 26.4. The molecule has 3 heterocycles. The Morgan fingerprint density at radius 2 is 2.04 bits per heavy atom. The molecule has 2 aromatic rings. The summed E-state index contributed by atoms with van der Waals surface area (Å²) >= 11 is 0. The summed E-state index contributed by atoms with van der Waals surface area (Å²) in [5, 5.41) is 0. The summed E-state index contributed by atoms with van der Waals surface area (Å²) in [7, 11) is 0. The molecule has 1 saturated heterocycles. The first kappa shape index (κ1) is 16.4. The number of furan rings is 1. The van der Waals surface area contributed by atoms with Gasteiger partial charge in [0.05, 0.1) is 25.0 Å². The maximum atomic E-state index is 12.5. The minimum Gasteiger partial charge on any atom is -0.465 e. The predicted octanol–water partition coefficient (Wildman–Crippen LogP) is 3.04. The van der Waals surface area contributed by atoms with Gasteiger partial charge in [0, 0.05) is 24.7 Å². The molecule has 0 unspecified atom stereocenters. The van der Waals surface area contributed by atoms with Crippen molar-refractivity contribution in [2.75, 3.05) is 26.3 Å². The molecule has 1 aromatic heterocycles. The van der Waals surface area contributed by atoms with Gasteiger partial charge in [-0.25, -0.2) is 4.79 Å². The summed E-state index contributed by atoms with van der Waals surface area (Å²) in [5.41, 5.74) is 1.03. The van der Waals surface area contributed by atoms with Crippen LogP contribution in [0.3, 0.4) is 0 Å². The molecule has 2 aliphatic heterocycles. The molecule has 7 nitrogen and oxygen atoms in total. The first-order valence-electron chi connectivity index (χ1n) is 8.29. The fourth-order valence-corrected chi connectivity index (χ4v) is 2.89. The van der Waals surface area contributed by atoms with Crippen LogP contribution in [-0.4, -0.2) is 43.1 Å². The molecule has 0 radical (unpaired) electrons. The smallest absolute Gasteiger partial charge is 0.415 e. The van der Waals surface area contributed by atoms with Gasteiger partial charge in [-0.05, 0) is 31.2 Å². The number of hydrogen-bond donors (Lipinski definition) is 0. The van der Waals surface area contributed by atoms with Gasteiger partial charge >= 0.3 is 6.09 Å². The summed E-state index contributed by atoms with van der Waals surface area (Å²) < 4.78 is 21.7. The zero-order valence-corrected chi connectivity index (χ0v) is 14.2. The molecule has 0 spiro atoms. The van der Waals surface area contributed by atoms with Crippen molar-refractivity contribution >= 4 is 18.0 Å². The normalized spacial score (nSPS) is 18.0. The molecule has 26 heavy (non-hydrogen) atoms. The van der Waals surface area contributed by atoms with E-state index in [0.29, 0.717) is 54.7 Å². The Kier molecular flexibility index (Phi) is 4.22. The largest absolute Gasteiger partial charge is 0.465 e. The van der Waals surface area contributed by atoms with E-state index in [0.717, 1.165) is 0 Å². The Morgan fingerprint density at radius 3 is 2.77 bits per heavy atom. The van der Waals surface area contributed by atoms with Crippen LogP contribution in [0.25, 0.3) is 6.08 Å². The summed E-state index contributed by atoms with van der Waals surface area (Å²) in [6.45, 7) is 3.74. The number of Topliss-reactive ketones (excluding diaryl/α,β-unsaturated/α-hetero) is 1. The van der Waals surface area contributed by atoms with Crippen molar-refractivity contribution in [1.82, 2.24) is 4.90 Å². The van der Waals surface area contributed by atoms with Crippen molar-refractivity contribution in [2.45, 2.75) is 6.92 Å². The zero-order chi connectivity index (χ0) is 18.1. The number of morpholine rings is 1. The second-order valence-corrected chi connectivity index (χ2v) is 5.99. The third-order valence-corrected chi connectivity index (χ3v) is 4.32. The van der Waals surface area contributed by atoms with Crippen LogP contribution in [-0.2, 0) is 4.74 Å². The number of fused-ring (bicyclic) bond motifs is 1. The molecule has 0 bridgehead atoms. The molecule has 1 amide bonds. The van der Waals surface area contributed by atoms with Gasteiger partial charge in [-0.15, -0.1) is 0 Å². The fraction of sp³-hybridized carbons (Fsp3) is 0.263. The predicted molar refractivity (Wildman–Crippen MR) is 91.2 cm³/mol. The van der Waals surface area contributed by atoms with Crippen LogP contribution >= 0.6 is 0 Å². The molecule has 0 aliphatic carbocycles. The van der Waals surface area contributed by atoms with E-state index < -0.39 is 6.09 Å². The van der Waals surface area contributed by atoms with E-state index in [2.05, 4.69) is 0 Å². The lowest BCUT2D eigenvalue weighted by atomic mass is 10.1. The van der Waals surface area contributed by atoms with Gasteiger partial charge in [0.2, 0.25) is 5.78 Å². The lowest BCUT2D eigenvalue weighted by Gasteiger charge is -2.26. The Hall–Kier alpha value is -3.06. The third-order valence-electron chi connectivity index (χ3n) is 4.32. The highest BCUT2D eigenvalue weighted by Gasteiger charge is 2.31. The standard InChI is InChI=1S/C19H17NO6/c1-12-15(26-19(22)20-6-9-23-10-7-20)5-4-14-17(21)16(25-18(12)14)11-13-3-2-8-24-13/h2-5,8,11H,6-7,9-10H2,1H3. The number of rotatable bonds is 2. The quantitative estimate of drug-likeness (QED) is 0.771. The fourth-order valence-electron chi connectivity index (χ4n) is 2.89. The minimum absolute atomic E-state index is 0.176. The molecule has 1 fully saturated rings. The Balaban J connectivity index is 1.57. The SMILES string of the molecule is Cc1c(OC(=O)N2CCOCC2)ccc2c1OC(=Cc1ccco1)C2=O. The van der Waals surface area contributed by atoms with Crippen LogP contribution in [0.5, 0.6) is 11.5 Å². The van der Waals surface area contributed by atoms with E-state index >= 15 is 0 Å². The zero-order valence-electron chi connectivity index (χ0n) is 14.2. The van der Waals surface area contributed by atoms with E-state index in [1.54, 1.807) is 42.2 Å². The summed E-state index contributed by atoms with van der Waals surface area (Å²) in [6.07, 6.45) is 2.63. The number of ether oxygens (including phenoxy) is 3. The van der Waals surface area contributed by atoms with E-state index in [9.17, 15) is 9.59 Å². The summed E-state index contributed by atoms with van der Waals surface area (Å²) in [5.74, 6) is 1.24. The van der Waals surface area contributed by atoms with Crippen LogP contribution in [0.15, 0.2) is 40.7 Å². The first-order valence-corrected chi connectivity index (χ1v) is 8.29. The third kappa shape index (κ3) is 2.97. The van der Waals surface area contributed by atoms with Crippen molar-refractivity contribution in [2.24, 2.45) is 0 Å². The Morgan fingerprint density at radius 1 is 1.23 bits per heavy atom. The number of ketones is 1.